The van der Waals surface area contributed by atoms with Gasteiger partial charge in [0, 0.05) is 32.0 Å². The SMILES string of the molecule is Fc1ccc(C2CN(Cc3ccncc3)CCO2)cc1Cl. The highest BCUT2D eigenvalue weighted by atomic mass is 35.5. The summed E-state index contributed by atoms with van der Waals surface area (Å²) >= 11 is 5.85. The standard InChI is InChI=1S/C16H16ClFN2O/c17-14-9-13(1-2-15(14)18)16-11-20(7-8-21-16)10-12-3-5-19-6-4-12/h1-6,9,16H,7-8,10-11H2. The minimum Gasteiger partial charge on any atom is -0.371 e. The van der Waals surface area contributed by atoms with Crippen molar-refractivity contribution in [1.82, 2.24) is 9.88 Å². The molecular formula is C16H16ClFN2O. The van der Waals surface area contributed by atoms with Crippen LogP contribution in [0.2, 0.25) is 5.02 Å². The van der Waals surface area contributed by atoms with Gasteiger partial charge in [0.25, 0.3) is 0 Å². The summed E-state index contributed by atoms with van der Waals surface area (Å²) in [6.45, 7) is 3.17. The molecule has 1 unspecified atom stereocenters. The lowest BCUT2D eigenvalue weighted by atomic mass is 10.1. The van der Waals surface area contributed by atoms with Crippen molar-refractivity contribution in [3.05, 3.63) is 64.7 Å². The fraction of sp³-hybridized carbons (Fsp3) is 0.312. The summed E-state index contributed by atoms with van der Waals surface area (Å²) in [6, 6.07) is 8.81. The number of ether oxygens (including phenoxy) is 1. The predicted octanol–water partition coefficient (Wildman–Crippen LogP) is 3.45. The molecule has 1 saturated heterocycles. The molecule has 0 N–H and O–H groups in total. The highest BCUT2D eigenvalue weighted by Gasteiger charge is 2.22. The summed E-state index contributed by atoms with van der Waals surface area (Å²) in [5.41, 5.74) is 2.14. The van der Waals surface area contributed by atoms with Crippen molar-refractivity contribution in [1.29, 1.82) is 0 Å². The molecule has 21 heavy (non-hydrogen) atoms. The molecule has 1 atom stereocenters. The van der Waals surface area contributed by atoms with Gasteiger partial charge in [-0.25, -0.2) is 4.39 Å². The lowest BCUT2D eigenvalue weighted by molar-refractivity contribution is -0.0329. The number of pyridine rings is 1. The van der Waals surface area contributed by atoms with E-state index < -0.39 is 5.82 Å². The fourth-order valence-corrected chi connectivity index (χ4v) is 2.70. The highest BCUT2D eigenvalue weighted by molar-refractivity contribution is 6.30. The first kappa shape index (κ1) is 14.4. The van der Waals surface area contributed by atoms with Gasteiger partial charge in [-0.2, -0.15) is 0 Å². The van der Waals surface area contributed by atoms with Crippen molar-refractivity contribution in [3.8, 4) is 0 Å². The number of hydrogen-bond acceptors (Lipinski definition) is 3. The van der Waals surface area contributed by atoms with Gasteiger partial charge in [0.1, 0.15) is 5.82 Å². The molecule has 1 aromatic carbocycles. The lowest BCUT2D eigenvalue weighted by Crippen LogP contribution is -2.37. The number of nitrogens with zero attached hydrogens (tertiary/aromatic N) is 2. The molecule has 0 bridgehead atoms. The third-order valence-corrected chi connectivity index (χ3v) is 3.91. The molecule has 3 nitrogen and oxygen atoms in total. The van der Waals surface area contributed by atoms with Gasteiger partial charge in [0.15, 0.2) is 0 Å². The van der Waals surface area contributed by atoms with E-state index in [0.717, 1.165) is 25.2 Å². The first-order chi connectivity index (χ1) is 10.2. The average molecular weight is 307 g/mol. The van der Waals surface area contributed by atoms with E-state index in [-0.39, 0.29) is 11.1 Å². The van der Waals surface area contributed by atoms with E-state index in [1.807, 2.05) is 12.1 Å². The number of hydrogen-bond donors (Lipinski definition) is 0. The van der Waals surface area contributed by atoms with Crippen molar-refractivity contribution >= 4 is 11.6 Å². The van der Waals surface area contributed by atoms with E-state index in [1.54, 1.807) is 24.5 Å². The first-order valence-corrected chi connectivity index (χ1v) is 7.28. The summed E-state index contributed by atoms with van der Waals surface area (Å²) < 4.78 is 19.0. The van der Waals surface area contributed by atoms with Crippen LogP contribution in [0, 0.1) is 5.82 Å². The van der Waals surface area contributed by atoms with Crippen LogP contribution in [0.15, 0.2) is 42.7 Å². The topological polar surface area (TPSA) is 25.4 Å². The van der Waals surface area contributed by atoms with Crippen molar-refractivity contribution in [2.75, 3.05) is 19.7 Å². The Labute approximate surface area is 128 Å². The molecule has 1 aromatic heterocycles. The summed E-state index contributed by atoms with van der Waals surface area (Å²) in [7, 11) is 0. The van der Waals surface area contributed by atoms with E-state index in [1.165, 1.54) is 11.6 Å². The Kier molecular flexibility index (Phi) is 4.48. The van der Waals surface area contributed by atoms with Crippen LogP contribution in [0.25, 0.3) is 0 Å². The molecule has 2 aromatic rings. The maximum Gasteiger partial charge on any atom is 0.141 e. The summed E-state index contributed by atoms with van der Waals surface area (Å²) in [4.78, 5) is 6.35. The van der Waals surface area contributed by atoms with E-state index in [4.69, 9.17) is 16.3 Å². The molecule has 3 rings (SSSR count). The Balaban J connectivity index is 1.69. The molecule has 0 radical (unpaired) electrons. The van der Waals surface area contributed by atoms with Crippen molar-refractivity contribution in [2.24, 2.45) is 0 Å². The molecule has 5 heteroatoms. The van der Waals surface area contributed by atoms with Crippen LogP contribution >= 0.6 is 11.6 Å². The normalized spacial score (nSPS) is 19.6. The first-order valence-electron chi connectivity index (χ1n) is 6.90. The van der Waals surface area contributed by atoms with Crippen LogP contribution in [-0.4, -0.2) is 29.6 Å². The lowest BCUT2D eigenvalue weighted by Gasteiger charge is -2.33. The number of halogens is 2. The highest BCUT2D eigenvalue weighted by Crippen LogP contribution is 2.26. The second-order valence-electron chi connectivity index (χ2n) is 5.12. The molecule has 1 aliphatic rings. The molecule has 1 aliphatic heterocycles. The Morgan fingerprint density at radius 3 is 2.86 bits per heavy atom. The van der Waals surface area contributed by atoms with Gasteiger partial charge in [-0.05, 0) is 35.4 Å². The Bertz CT molecular complexity index is 608. The van der Waals surface area contributed by atoms with Crippen LogP contribution in [0.5, 0.6) is 0 Å². The van der Waals surface area contributed by atoms with Crippen LogP contribution in [0.3, 0.4) is 0 Å². The molecule has 0 amide bonds. The molecule has 1 fully saturated rings. The number of aromatic nitrogens is 1. The zero-order valence-electron chi connectivity index (χ0n) is 11.5. The van der Waals surface area contributed by atoms with E-state index >= 15 is 0 Å². The predicted molar refractivity (Wildman–Crippen MR) is 79.6 cm³/mol. The van der Waals surface area contributed by atoms with E-state index in [0.29, 0.717) is 6.61 Å². The molecular weight excluding hydrogens is 291 g/mol. The van der Waals surface area contributed by atoms with Crippen LogP contribution in [-0.2, 0) is 11.3 Å². The van der Waals surface area contributed by atoms with Gasteiger partial charge in [-0.3, -0.25) is 9.88 Å². The monoisotopic (exact) mass is 306 g/mol. The van der Waals surface area contributed by atoms with E-state index in [9.17, 15) is 4.39 Å². The fourth-order valence-electron chi connectivity index (χ4n) is 2.51. The molecule has 110 valence electrons. The smallest absolute Gasteiger partial charge is 0.141 e. The average Bonchev–Trinajstić information content (AvgIpc) is 2.51. The van der Waals surface area contributed by atoms with Gasteiger partial charge in [-0.1, -0.05) is 17.7 Å². The molecule has 0 saturated carbocycles. The number of morpholine rings is 1. The van der Waals surface area contributed by atoms with Crippen molar-refractivity contribution < 1.29 is 9.13 Å². The molecule has 2 heterocycles. The maximum absolute atomic E-state index is 13.2. The van der Waals surface area contributed by atoms with E-state index in [2.05, 4.69) is 9.88 Å². The second kappa shape index (κ2) is 6.52. The van der Waals surface area contributed by atoms with Crippen molar-refractivity contribution in [3.63, 3.8) is 0 Å². The third-order valence-electron chi connectivity index (χ3n) is 3.62. The van der Waals surface area contributed by atoms with Crippen LogP contribution in [0.1, 0.15) is 17.2 Å². The largest absolute Gasteiger partial charge is 0.371 e. The Morgan fingerprint density at radius 1 is 1.29 bits per heavy atom. The third kappa shape index (κ3) is 3.59. The summed E-state index contributed by atoms with van der Waals surface area (Å²) in [6.07, 6.45) is 3.53. The summed E-state index contributed by atoms with van der Waals surface area (Å²) in [5.74, 6) is -0.398. The zero-order chi connectivity index (χ0) is 14.7. The molecule has 0 aliphatic carbocycles. The van der Waals surface area contributed by atoms with Gasteiger partial charge in [-0.15, -0.1) is 0 Å². The Hall–Kier alpha value is -1.49. The van der Waals surface area contributed by atoms with Gasteiger partial charge in [0.05, 0.1) is 17.7 Å². The molecule has 0 spiro atoms. The maximum atomic E-state index is 13.2. The number of rotatable bonds is 3. The number of benzene rings is 1. The minimum absolute atomic E-state index is 0.0707. The zero-order valence-corrected chi connectivity index (χ0v) is 12.3. The summed E-state index contributed by atoms with van der Waals surface area (Å²) in [5, 5.41) is 0.141. The van der Waals surface area contributed by atoms with Gasteiger partial charge >= 0.3 is 0 Å². The Morgan fingerprint density at radius 2 is 2.10 bits per heavy atom. The van der Waals surface area contributed by atoms with Gasteiger partial charge in [0.2, 0.25) is 0 Å². The van der Waals surface area contributed by atoms with Gasteiger partial charge < -0.3 is 4.74 Å². The second-order valence-corrected chi connectivity index (χ2v) is 5.53. The minimum atomic E-state index is -0.398. The quantitative estimate of drug-likeness (QED) is 0.868. The van der Waals surface area contributed by atoms with Crippen LogP contribution < -0.4 is 0 Å². The van der Waals surface area contributed by atoms with Crippen LogP contribution in [0.4, 0.5) is 4.39 Å². The van der Waals surface area contributed by atoms with Crippen molar-refractivity contribution in [2.45, 2.75) is 12.6 Å².